The van der Waals surface area contributed by atoms with Crippen LogP contribution in [0, 0.1) is 11.9 Å². The predicted octanol–water partition coefficient (Wildman–Crippen LogP) is 3.06. The van der Waals surface area contributed by atoms with Gasteiger partial charge >= 0.3 is 6.36 Å². The topological polar surface area (TPSA) is 9.23 Å². The van der Waals surface area contributed by atoms with Gasteiger partial charge in [-0.25, -0.2) is 4.39 Å². The number of alkyl halides is 3. The molecule has 1 aromatic rings. The lowest BCUT2D eigenvalue weighted by Gasteiger charge is -2.09. The lowest BCUT2D eigenvalue weighted by Crippen LogP contribution is -2.17. The summed E-state index contributed by atoms with van der Waals surface area (Å²) in [5, 5.41) is 0. The molecule has 0 spiro atoms. The Labute approximate surface area is 77.6 Å². The minimum absolute atomic E-state index is 0.261. The van der Waals surface area contributed by atoms with Gasteiger partial charge in [0.25, 0.3) is 0 Å². The number of ether oxygens (including phenoxy) is 1. The second kappa shape index (κ2) is 3.69. The van der Waals surface area contributed by atoms with Gasteiger partial charge in [-0.3, -0.25) is 0 Å². The van der Waals surface area contributed by atoms with Crippen LogP contribution >= 0.6 is 0 Å². The Hall–Kier alpha value is -1.52. The highest BCUT2D eigenvalue weighted by Gasteiger charge is 2.32. The van der Waals surface area contributed by atoms with Crippen LogP contribution in [0.3, 0.4) is 0 Å². The molecule has 0 aromatic heterocycles. The Bertz CT molecular complexity index is 343. The van der Waals surface area contributed by atoms with Crippen LogP contribution in [0.25, 0.3) is 0 Å². The maximum absolute atomic E-state index is 12.9. The van der Waals surface area contributed by atoms with Gasteiger partial charge in [0.1, 0.15) is 0 Å². The molecule has 75 valence electrons. The van der Waals surface area contributed by atoms with Crippen molar-refractivity contribution in [1.82, 2.24) is 0 Å². The van der Waals surface area contributed by atoms with E-state index in [0.717, 1.165) is 12.1 Å². The van der Waals surface area contributed by atoms with Gasteiger partial charge in [0.15, 0.2) is 11.6 Å². The fraction of sp³-hybridized carbons (Fsp3) is 0.111. The zero-order valence-electron chi connectivity index (χ0n) is 6.86. The van der Waals surface area contributed by atoms with Crippen molar-refractivity contribution in [3.63, 3.8) is 0 Å². The van der Waals surface area contributed by atoms with Crippen molar-refractivity contribution < 1.29 is 22.3 Å². The second-order valence-corrected chi connectivity index (χ2v) is 2.37. The van der Waals surface area contributed by atoms with Gasteiger partial charge < -0.3 is 4.74 Å². The van der Waals surface area contributed by atoms with Gasteiger partial charge in [-0.05, 0) is 23.8 Å². The van der Waals surface area contributed by atoms with Crippen LogP contribution in [0.2, 0.25) is 0 Å². The van der Waals surface area contributed by atoms with Gasteiger partial charge in [-0.2, -0.15) is 0 Å². The fourth-order valence-corrected chi connectivity index (χ4v) is 0.818. The molecule has 0 fully saturated rings. The first kappa shape index (κ1) is 10.6. The molecule has 1 aromatic carbocycles. The zero-order valence-corrected chi connectivity index (χ0v) is 6.86. The molecular weight excluding hydrogens is 200 g/mol. The summed E-state index contributed by atoms with van der Waals surface area (Å²) in [6, 6.07) is 2.95. The molecule has 5 heteroatoms. The summed E-state index contributed by atoms with van der Waals surface area (Å²) in [6.45, 7) is 3.22. The normalized spacial score (nSPS) is 11.1. The van der Waals surface area contributed by atoms with Gasteiger partial charge in [0.2, 0.25) is 0 Å². The van der Waals surface area contributed by atoms with Crippen molar-refractivity contribution in [2.24, 2.45) is 0 Å². The molecule has 0 saturated heterocycles. The molecule has 1 radical (unpaired) electrons. The monoisotopic (exact) mass is 205 g/mol. The smallest absolute Gasteiger partial charge is 0.403 e. The Kier molecular flexibility index (Phi) is 2.78. The quantitative estimate of drug-likeness (QED) is 0.674. The molecule has 0 bridgehead atoms. The molecule has 0 aliphatic heterocycles. The molecule has 1 nitrogen and oxygen atoms in total. The van der Waals surface area contributed by atoms with E-state index in [0.29, 0.717) is 0 Å². The maximum Gasteiger partial charge on any atom is 0.573 e. The van der Waals surface area contributed by atoms with Crippen LogP contribution < -0.4 is 4.74 Å². The van der Waals surface area contributed by atoms with Gasteiger partial charge in [0, 0.05) is 0 Å². The Morgan fingerprint density at radius 1 is 1.29 bits per heavy atom. The predicted molar refractivity (Wildman–Crippen MR) is 41.1 cm³/mol. The standard InChI is InChI=1S/C9H5F4O/c1-2-6-3-4-8(7(10)5-6)14-9(11,12)13/h3-5H,1H2. The van der Waals surface area contributed by atoms with E-state index in [1.54, 1.807) is 0 Å². The summed E-state index contributed by atoms with van der Waals surface area (Å²) in [7, 11) is 0. The highest BCUT2D eigenvalue weighted by Crippen LogP contribution is 2.25. The van der Waals surface area contributed by atoms with E-state index in [1.165, 1.54) is 6.07 Å². The van der Waals surface area contributed by atoms with Crippen LogP contribution in [-0.2, 0) is 0 Å². The molecule has 0 N–H and O–H groups in total. The summed E-state index contributed by atoms with van der Waals surface area (Å²) in [5.74, 6) is -1.97. The third-order valence-electron chi connectivity index (χ3n) is 1.36. The fourth-order valence-electron chi connectivity index (χ4n) is 0.818. The van der Waals surface area contributed by atoms with Crippen molar-refractivity contribution in [2.75, 3.05) is 0 Å². The van der Waals surface area contributed by atoms with E-state index in [-0.39, 0.29) is 5.56 Å². The molecule has 0 heterocycles. The van der Waals surface area contributed by atoms with Crippen molar-refractivity contribution in [2.45, 2.75) is 6.36 Å². The molecule has 0 amide bonds. The molecule has 0 saturated carbocycles. The Balaban J connectivity index is 2.95. The van der Waals surface area contributed by atoms with E-state index in [4.69, 9.17) is 0 Å². The zero-order chi connectivity index (χ0) is 10.8. The SMILES string of the molecule is C=[C]c1ccc(OC(F)(F)F)c(F)c1. The average Bonchev–Trinajstić information content (AvgIpc) is 2.06. The lowest BCUT2D eigenvalue weighted by atomic mass is 10.2. The molecule has 0 atom stereocenters. The van der Waals surface area contributed by atoms with E-state index >= 15 is 0 Å². The highest BCUT2D eigenvalue weighted by atomic mass is 19.4. The molecular formula is C9H5F4O. The van der Waals surface area contributed by atoms with E-state index < -0.39 is 17.9 Å². The van der Waals surface area contributed by atoms with Crippen LogP contribution in [-0.4, -0.2) is 6.36 Å². The first-order valence-corrected chi connectivity index (χ1v) is 3.51. The summed E-state index contributed by atoms with van der Waals surface area (Å²) >= 11 is 0. The van der Waals surface area contributed by atoms with Crippen LogP contribution in [0.15, 0.2) is 24.8 Å². The highest BCUT2D eigenvalue weighted by molar-refractivity contribution is 5.32. The Morgan fingerprint density at radius 3 is 2.36 bits per heavy atom. The van der Waals surface area contributed by atoms with E-state index in [2.05, 4.69) is 17.4 Å². The number of benzene rings is 1. The lowest BCUT2D eigenvalue weighted by molar-refractivity contribution is -0.275. The minimum atomic E-state index is -4.89. The maximum atomic E-state index is 12.9. The third-order valence-corrected chi connectivity index (χ3v) is 1.36. The van der Waals surface area contributed by atoms with Gasteiger partial charge in [0.05, 0.1) is 0 Å². The van der Waals surface area contributed by atoms with Crippen LogP contribution in [0.1, 0.15) is 5.56 Å². The number of hydrogen-bond acceptors (Lipinski definition) is 1. The van der Waals surface area contributed by atoms with E-state index in [1.807, 2.05) is 0 Å². The first-order chi connectivity index (χ1) is 6.42. The summed E-state index contributed by atoms with van der Waals surface area (Å²) < 4.78 is 51.3. The van der Waals surface area contributed by atoms with Crippen molar-refractivity contribution in [3.8, 4) is 5.75 Å². The number of hydrogen-bond donors (Lipinski definition) is 0. The largest absolute Gasteiger partial charge is 0.573 e. The van der Waals surface area contributed by atoms with Gasteiger partial charge in [-0.15, -0.1) is 13.2 Å². The number of rotatable bonds is 2. The first-order valence-electron chi connectivity index (χ1n) is 3.51. The molecule has 0 aliphatic rings. The molecule has 0 unspecified atom stereocenters. The van der Waals surface area contributed by atoms with Crippen LogP contribution in [0.5, 0.6) is 5.75 Å². The van der Waals surface area contributed by atoms with Crippen molar-refractivity contribution >= 4 is 0 Å². The van der Waals surface area contributed by atoms with E-state index in [9.17, 15) is 17.6 Å². The second-order valence-electron chi connectivity index (χ2n) is 2.37. The summed E-state index contributed by atoms with van der Waals surface area (Å²) in [5.41, 5.74) is 0.261. The minimum Gasteiger partial charge on any atom is -0.403 e. The number of halogens is 4. The van der Waals surface area contributed by atoms with Crippen LogP contribution in [0.4, 0.5) is 17.6 Å². The van der Waals surface area contributed by atoms with Crippen molar-refractivity contribution in [3.05, 3.63) is 42.2 Å². The third kappa shape index (κ3) is 2.76. The van der Waals surface area contributed by atoms with Gasteiger partial charge in [-0.1, -0.05) is 12.6 Å². The summed E-state index contributed by atoms with van der Waals surface area (Å²) in [4.78, 5) is 0. The van der Waals surface area contributed by atoms with Crippen molar-refractivity contribution in [1.29, 1.82) is 0 Å². The Morgan fingerprint density at radius 2 is 1.93 bits per heavy atom. The summed E-state index contributed by atoms with van der Waals surface area (Å²) in [6.07, 6.45) is -2.56. The molecule has 1 rings (SSSR count). The molecule has 0 aliphatic carbocycles. The molecule has 14 heavy (non-hydrogen) atoms. The average molecular weight is 205 g/mol.